The van der Waals surface area contributed by atoms with Gasteiger partial charge >= 0.3 is 0 Å². The average Bonchev–Trinajstić information content (AvgIpc) is 3.08. The van der Waals surface area contributed by atoms with Crippen molar-refractivity contribution in [3.63, 3.8) is 0 Å². The molecule has 0 saturated heterocycles. The van der Waals surface area contributed by atoms with Crippen molar-refractivity contribution in [1.82, 2.24) is 9.71 Å². The van der Waals surface area contributed by atoms with Crippen LogP contribution in [0.15, 0.2) is 58.8 Å². The standard InChI is InChI=1S/C18H17N3O3S2/c1-12-11-25-18(20-12)14-6-3-5-13(9-14)17(22)21-15-7-4-8-16(10-15)26(23,24)19-2/h3-11,19H,1-2H3,(H,21,22). The first-order chi connectivity index (χ1) is 12.4. The summed E-state index contributed by atoms with van der Waals surface area (Å²) in [5.41, 5.74) is 2.67. The molecule has 0 bridgehead atoms. The zero-order valence-corrected chi connectivity index (χ0v) is 15.8. The Bertz CT molecular complexity index is 1060. The highest BCUT2D eigenvalue weighted by atomic mass is 32.2. The molecule has 0 spiro atoms. The fourth-order valence-corrected chi connectivity index (χ4v) is 3.91. The fraction of sp³-hybridized carbons (Fsp3) is 0.111. The molecule has 8 heteroatoms. The molecule has 26 heavy (non-hydrogen) atoms. The van der Waals surface area contributed by atoms with Crippen molar-refractivity contribution < 1.29 is 13.2 Å². The molecule has 2 aromatic carbocycles. The largest absolute Gasteiger partial charge is 0.322 e. The predicted molar refractivity (Wildman–Crippen MR) is 103 cm³/mol. The number of nitrogens with zero attached hydrogens (tertiary/aromatic N) is 1. The second-order valence-electron chi connectivity index (χ2n) is 5.56. The number of thiazole rings is 1. The lowest BCUT2D eigenvalue weighted by Crippen LogP contribution is -2.19. The summed E-state index contributed by atoms with van der Waals surface area (Å²) in [5, 5.41) is 5.53. The Morgan fingerprint density at radius 3 is 2.58 bits per heavy atom. The highest BCUT2D eigenvalue weighted by Gasteiger charge is 2.13. The van der Waals surface area contributed by atoms with Crippen molar-refractivity contribution in [2.75, 3.05) is 12.4 Å². The summed E-state index contributed by atoms with van der Waals surface area (Å²) < 4.78 is 26.0. The summed E-state index contributed by atoms with van der Waals surface area (Å²) in [6.07, 6.45) is 0. The van der Waals surface area contributed by atoms with Gasteiger partial charge in [0.05, 0.1) is 4.90 Å². The van der Waals surface area contributed by atoms with Crippen molar-refractivity contribution in [2.45, 2.75) is 11.8 Å². The van der Waals surface area contributed by atoms with E-state index in [1.807, 2.05) is 18.4 Å². The lowest BCUT2D eigenvalue weighted by Gasteiger charge is -2.08. The first-order valence-electron chi connectivity index (χ1n) is 7.76. The number of aryl methyl sites for hydroxylation is 1. The minimum Gasteiger partial charge on any atom is -0.322 e. The molecule has 0 atom stereocenters. The number of benzene rings is 2. The number of rotatable bonds is 5. The zero-order chi connectivity index (χ0) is 18.7. The van der Waals surface area contributed by atoms with E-state index in [1.54, 1.807) is 30.3 Å². The lowest BCUT2D eigenvalue weighted by molar-refractivity contribution is 0.102. The maximum atomic E-state index is 12.5. The summed E-state index contributed by atoms with van der Waals surface area (Å²) in [7, 11) is -2.23. The SMILES string of the molecule is CNS(=O)(=O)c1cccc(NC(=O)c2cccc(-c3nc(C)cs3)c2)c1. The van der Waals surface area contributed by atoms with Crippen LogP contribution in [-0.2, 0) is 10.0 Å². The van der Waals surface area contributed by atoms with E-state index in [0.29, 0.717) is 11.3 Å². The van der Waals surface area contributed by atoms with E-state index in [9.17, 15) is 13.2 Å². The van der Waals surface area contributed by atoms with Crippen molar-refractivity contribution in [3.05, 3.63) is 65.2 Å². The monoisotopic (exact) mass is 387 g/mol. The van der Waals surface area contributed by atoms with Crippen LogP contribution in [0, 0.1) is 6.92 Å². The molecular formula is C18H17N3O3S2. The minimum absolute atomic E-state index is 0.0878. The van der Waals surface area contributed by atoms with Crippen molar-refractivity contribution in [1.29, 1.82) is 0 Å². The molecule has 0 aliphatic carbocycles. The molecule has 3 aromatic rings. The average molecular weight is 387 g/mol. The van der Waals surface area contributed by atoms with Gasteiger partial charge in [0.15, 0.2) is 0 Å². The normalized spacial score (nSPS) is 11.3. The molecule has 6 nitrogen and oxygen atoms in total. The summed E-state index contributed by atoms with van der Waals surface area (Å²) in [4.78, 5) is 17.1. The third-order valence-electron chi connectivity index (χ3n) is 3.66. The molecule has 3 rings (SSSR count). The van der Waals surface area contributed by atoms with E-state index < -0.39 is 10.0 Å². The molecule has 0 aliphatic rings. The van der Waals surface area contributed by atoms with Gasteiger partial charge in [-0.05, 0) is 44.3 Å². The number of amides is 1. The van der Waals surface area contributed by atoms with E-state index in [0.717, 1.165) is 16.3 Å². The van der Waals surface area contributed by atoms with Gasteiger partial charge in [0.2, 0.25) is 10.0 Å². The van der Waals surface area contributed by atoms with Gasteiger partial charge in [-0.25, -0.2) is 18.1 Å². The minimum atomic E-state index is -3.57. The van der Waals surface area contributed by atoms with Crippen LogP contribution in [0.1, 0.15) is 16.1 Å². The Hall–Kier alpha value is -2.55. The van der Waals surface area contributed by atoms with Gasteiger partial charge in [-0.3, -0.25) is 4.79 Å². The number of anilines is 1. The summed E-state index contributed by atoms with van der Waals surface area (Å²) >= 11 is 1.52. The topological polar surface area (TPSA) is 88.2 Å². The zero-order valence-electron chi connectivity index (χ0n) is 14.2. The third kappa shape index (κ3) is 3.98. The second kappa shape index (κ2) is 7.36. The van der Waals surface area contributed by atoms with Crippen LogP contribution >= 0.6 is 11.3 Å². The first-order valence-corrected chi connectivity index (χ1v) is 10.1. The van der Waals surface area contributed by atoms with Crippen molar-refractivity contribution >= 4 is 33.0 Å². The van der Waals surface area contributed by atoms with Gasteiger partial charge in [-0.15, -0.1) is 11.3 Å². The molecule has 0 aliphatic heterocycles. The molecule has 1 heterocycles. The summed E-state index contributed by atoms with van der Waals surface area (Å²) in [6, 6.07) is 13.3. The Morgan fingerprint density at radius 2 is 1.88 bits per heavy atom. The van der Waals surface area contributed by atoms with Gasteiger partial charge in [0.25, 0.3) is 5.91 Å². The number of hydrogen-bond acceptors (Lipinski definition) is 5. The van der Waals surface area contributed by atoms with Gasteiger partial charge in [0, 0.05) is 27.9 Å². The first kappa shape index (κ1) is 18.2. The van der Waals surface area contributed by atoms with Crippen molar-refractivity contribution in [3.8, 4) is 10.6 Å². The third-order valence-corrected chi connectivity index (χ3v) is 6.08. The van der Waals surface area contributed by atoms with Gasteiger partial charge in [-0.1, -0.05) is 18.2 Å². The van der Waals surface area contributed by atoms with E-state index in [1.165, 1.54) is 30.5 Å². The van der Waals surface area contributed by atoms with Crippen LogP contribution in [0.2, 0.25) is 0 Å². The Kier molecular flexibility index (Phi) is 5.17. The number of carbonyl (C=O) groups excluding carboxylic acids is 1. The molecule has 134 valence electrons. The van der Waals surface area contributed by atoms with Crippen LogP contribution in [0.25, 0.3) is 10.6 Å². The molecule has 0 fully saturated rings. The Labute approximate surface area is 156 Å². The van der Waals surface area contributed by atoms with Crippen LogP contribution in [0.4, 0.5) is 5.69 Å². The summed E-state index contributed by atoms with van der Waals surface area (Å²) in [6.45, 7) is 1.92. The summed E-state index contributed by atoms with van der Waals surface area (Å²) in [5.74, 6) is -0.320. The van der Waals surface area contributed by atoms with Crippen molar-refractivity contribution in [2.24, 2.45) is 0 Å². The lowest BCUT2D eigenvalue weighted by atomic mass is 10.1. The highest BCUT2D eigenvalue weighted by molar-refractivity contribution is 7.89. The number of sulfonamides is 1. The van der Waals surface area contributed by atoms with Gasteiger partial charge in [-0.2, -0.15) is 0 Å². The Morgan fingerprint density at radius 1 is 1.12 bits per heavy atom. The van der Waals surface area contributed by atoms with Crippen LogP contribution < -0.4 is 10.0 Å². The van der Waals surface area contributed by atoms with Gasteiger partial charge < -0.3 is 5.32 Å². The number of nitrogens with one attached hydrogen (secondary N) is 2. The molecule has 2 N–H and O–H groups in total. The van der Waals surface area contributed by atoms with E-state index >= 15 is 0 Å². The number of carbonyl (C=O) groups is 1. The smallest absolute Gasteiger partial charge is 0.255 e. The predicted octanol–water partition coefficient (Wildman–Crippen LogP) is 3.28. The molecule has 1 amide bonds. The molecule has 0 unspecified atom stereocenters. The quantitative estimate of drug-likeness (QED) is 0.703. The molecule has 1 aromatic heterocycles. The number of hydrogen-bond donors (Lipinski definition) is 2. The van der Waals surface area contributed by atoms with Gasteiger partial charge in [0.1, 0.15) is 5.01 Å². The molecule has 0 radical (unpaired) electrons. The maximum Gasteiger partial charge on any atom is 0.255 e. The molecule has 0 saturated carbocycles. The van der Waals surface area contributed by atoms with Crippen LogP contribution in [-0.4, -0.2) is 26.4 Å². The molecular weight excluding hydrogens is 370 g/mol. The second-order valence-corrected chi connectivity index (χ2v) is 8.31. The number of aromatic nitrogens is 1. The van der Waals surface area contributed by atoms with Crippen LogP contribution in [0.5, 0.6) is 0 Å². The van der Waals surface area contributed by atoms with E-state index in [-0.39, 0.29) is 10.8 Å². The highest BCUT2D eigenvalue weighted by Crippen LogP contribution is 2.24. The van der Waals surface area contributed by atoms with Crippen LogP contribution in [0.3, 0.4) is 0 Å². The Balaban J connectivity index is 1.84. The van der Waals surface area contributed by atoms with E-state index in [4.69, 9.17) is 0 Å². The maximum absolute atomic E-state index is 12.5. The van der Waals surface area contributed by atoms with E-state index in [2.05, 4.69) is 15.0 Å². The fourth-order valence-electron chi connectivity index (χ4n) is 2.34.